The molecule has 0 heterocycles. The van der Waals surface area contributed by atoms with Crippen molar-refractivity contribution in [2.24, 2.45) is 5.92 Å². The van der Waals surface area contributed by atoms with Crippen LogP contribution >= 0.6 is 0 Å². The molecule has 0 saturated carbocycles. The van der Waals surface area contributed by atoms with Crippen molar-refractivity contribution in [3.63, 3.8) is 0 Å². The molecule has 0 amide bonds. The zero-order valence-corrected chi connectivity index (χ0v) is 8.49. The first kappa shape index (κ1) is 11.9. The summed E-state index contributed by atoms with van der Waals surface area (Å²) in [6.45, 7) is 7.48. The lowest BCUT2D eigenvalue weighted by molar-refractivity contribution is -0.0516. The number of alkyl halides is 2. The molecule has 0 aromatic heterocycles. The summed E-state index contributed by atoms with van der Waals surface area (Å²) in [7, 11) is 0. The van der Waals surface area contributed by atoms with E-state index in [0.717, 1.165) is 0 Å². The summed E-state index contributed by atoms with van der Waals surface area (Å²) in [6.07, 6.45) is -0.481. The second-order valence-electron chi connectivity index (χ2n) is 3.73. The molecule has 0 saturated heterocycles. The monoisotopic (exact) mass is 218 g/mol. The third-order valence-corrected chi connectivity index (χ3v) is 2.74. The highest BCUT2D eigenvalue weighted by molar-refractivity contribution is 5.42. The zero-order valence-electron chi connectivity index (χ0n) is 8.49. The van der Waals surface area contributed by atoms with Gasteiger partial charge in [-0.25, -0.2) is 13.2 Å². The Balaban J connectivity index is 3.25. The van der Waals surface area contributed by atoms with Crippen molar-refractivity contribution in [1.82, 2.24) is 0 Å². The van der Waals surface area contributed by atoms with Crippen LogP contribution < -0.4 is 0 Å². The van der Waals surface area contributed by atoms with Crippen molar-refractivity contribution in [3.05, 3.63) is 35.9 Å². The summed E-state index contributed by atoms with van der Waals surface area (Å²) in [6, 6.07) is 0. The van der Waals surface area contributed by atoms with E-state index in [2.05, 4.69) is 13.2 Å². The second kappa shape index (κ2) is 3.76. The van der Waals surface area contributed by atoms with E-state index in [0.29, 0.717) is 0 Å². The van der Waals surface area contributed by atoms with Gasteiger partial charge in [0.2, 0.25) is 0 Å². The fourth-order valence-corrected chi connectivity index (χ4v) is 1.81. The van der Waals surface area contributed by atoms with Gasteiger partial charge < -0.3 is 5.11 Å². The highest BCUT2D eigenvalue weighted by Crippen LogP contribution is 2.45. The standard InChI is InChI=1S/C11H13F3O/c1-6-10(7(2)12)9(8(3)15)4-5-11(6,13)14/h6,15H,2-5H2,1H3. The largest absolute Gasteiger partial charge is 0.508 e. The molecule has 0 spiro atoms. The zero-order chi connectivity index (χ0) is 11.8. The second-order valence-corrected chi connectivity index (χ2v) is 3.73. The third kappa shape index (κ3) is 2.08. The van der Waals surface area contributed by atoms with Crippen LogP contribution in [-0.2, 0) is 0 Å². The predicted octanol–water partition coefficient (Wildman–Crippen LogP) is 3.90. The fraction of sp³-hybridized carbons (Fsp3) is 0.455. The molecule has 0 aromatic rings. The van der Waals surface area contributed by atoms with Crippen molar-refractivity contribution < 1.29 is 18.3 Å². The van der Waals surface area contributed by atoms with Gasteiger partial charge in [-0.3, -0.25) is 0 Å². The van der Waals surface area contributed by atoms with E-state index in [-0.39, 0.29) is 23.3 Å². The first-order valence-corrected chi connectivity index (χ1v) is 4.61. The topological polar surface area (TPSA) is 20.2 Å². The fourth-order valence-electron chi connectivity index (χ4n) is 1.81. The Bertz CT molecular complexity index is 342. The van der Waals surface area contributed by atoms with Crippen molar-refractivity contribution in [3.8, 4) is 0 Å². The van der Waals surface area contributed by atoms with E-state index in [1.54, 1.807) is 0 Å². The number of rotatable bonds is 2. The lowest BCUT2D eigenvalue weighted by Gasteiger charge is -2.32. The van der Waals surface area contributed by atoms with Crippen LogP contribution in [0.5, 0.6) is 0 Å². The highest BCUT2D eigenvalue weighted by atomic mass is 19.3. The van der Waals surface area contributed by atoms with Gasteiger partial charge in [0.1, 0.15) is 11.6 Å². The van der Waals surface area contributed by atoms with Crippen molar-refractivity contribution >= 4 is 0 Å². The molecular weight excluding hydrogens is 205 g/mol. The van der Waals surface area contributed by atoms with E-state index in [1.807, 2.05) is 0 Å². The van der Waals surface area contributed by atoms with E-state index in [4.69, 9.17) is 0 Å². The summed E-state index contributed by atoms with van der Waals surface area (Å²) in [5.41, 5.74) is -0.0559. The lowest BCUT2D eigenvalue weighted by Crippen LogP contribution is -2.32. The van der Waals surface area contributed by atoms with Crippen LogP contribution in [-0.4, -0.2) is 11.0 Å². The molecule has 15 heavy (non-hydrogen) atoms. The molecule has 1 nitrogen and oxygen atoms in total. The van der Waals surface area contributed by atoms with Crippen LogP contribution in [0, 0.1) is 5.92 Å². The molecule has 4 heteroatoms. The maximum Gasteiger partial charge on any atom is 0.255 e. The maximum absolute atomic E-state index is 13.3. The summed E-state index contributed by atoms with van der Waals surface area (Å²) in [5, 5.41) is 9.18. The van der Waals surface area contributed by atoms with Gasteiger partial charge in [-0.1, -0.05) is 20.1 Å². The van der Waals surface area contributed by atoms with E-state index in [1.165, 1.54) is 6.92 Å². The molecule has 84 valence electrons. The smallest absolute Gasteiger partial charge is 0.255 e. The highest BCUT2D eigenvalue weighted by Gasteiger charge is 2.44. The Morgan fingerprint density at radius 1 is 1.47 bits per heavy atom. The summed E-state index contributed by atoms with van der Waals surface area (Å²) in [5.74, 6) is -5.51. The number of aliphatic hydroxyl groups is 1. The number of allylic oxidation sites excluding steroid dienone is 3. The predicted molar refractivity (Wildman–Crippen MR) is 52.4 cm³/mol. The quantitative estimate of drug-likeness (QED) is 0.697. The van der Waals surface area contributed by atoms with E-state index < -0.39 is 24.1 Å². The van der Waals surface area contributed by atoms with Crippen LogP contribution in [0.3, 0.4) is 0 Å². The molecule has 1 rings (SSSR count). The number of halogens is 3. The van der Waals surface area contributed by atoms with Crippen LogP contribution in [0.2, 0.25) is 0 Å². The first-order valence-electron chi connectivity index (χ1n) is 4.61. The van der Waals surface area contributed by atoms with Gasteiger partial charge in [0.05, 0.1) is 0 Å². The normalized spacial score (nSPS) is 25.2. The van der Waals surface area contributed by atoms with Gasteiger partial charge in [-0.15, -0.1) is 0 Å². The lowest BCUT2D eigenvalue weighted by atomic mass is 9.80. The molecule has 0 bridgehead atoms. The molecule has 0 aromatic carbocycles. The van der Waals surface area contributed by atoms with Crippen LogP contribution in [0.1, 0.15) is 19.8 Å². The molecule has 0 fully saturated rings. The van der Waals surface area contributed by atoms with Crippen LogP contribution in [0.25, 0.3) is 0 Å². The first-order chi connectivity index (χ1) is 6.77. The van der Waals surface area contributed by atoms with Gasteiger partial charge >= 0.3 is 0 Å². The van der Waals surface area contributed by atoms with E-state index in [9.17, 15) is 18.3 Å². The summed E-state index contributed by atoms with van der Waals surface area (Å²) in [4.78, 5) is 0. The summed E-state index contributed by atoms with van der Waals surface area (Å²) >= 11 is 0. The van der Waals surface area contributed by atoms with E-state index >= 15 is 0 Å². The summed E-state index contributed by atoms with van der Waals surface area (Å²) < 4.78 is 39.6. The Kier molecular flexibility index (Phi) is 2.98. The molecule has 0 radical (unpaired) electrons. The SMILES string of the molecule is C=C(O)C1=C(C(=C)F)C(C)C(F)(F)CC1. The Hall–Kier alpha value is -1.19. The minimum absolute atomic E-state index is 0.0784. The molecule has 1 aliphatic carbocycles. The molecule has 1 aliphatic rings. The minimum Gasteiger partial charge on any atom is -0.508 e. The van der Waals surface area contributed by atoms with Gasteiger partial charge in [-0.05, 0) is 6.42 Å². The average Bonchev–Trinajstić information content (AvgIpc) is 2.08. The van der Waals surface area contributed by atoms with Crippen LogP contribution in [0.15, 0.2) is 35.9 Å². The maximum atomic E-state index is 13.3. The van der Waals surface area contributed by atoms with Gasteiger partial charge in [0.25, 0.3) is 5.92 Å². The van der Waals surface area contributed by atoms with Gasteiger partial charge in [0, 0.05) is 23.5 Å². The molecule has 0 aliphatic heterocycles. The Labute approximate surface area is 86.6 Å². The molecular formula is C11H13F3O. The van der Waals surface area contributed by atoms with Crippen molar-refractivity contribution in [2.45, 2.75) is 25.7 Å². The Morgan fingerprint density at radius 3 is 2.40 bits per heavy atom. The van der Waals surface area contributed by atoms with Crippen molar-refractivity contribution in [2.75, 3.05) is 0 Å². The number of aliphatic hydroxyl groups excluding tert-OH is 1. The van der Waals surface area contributed by atoms with Crippen molar-refractivity contribution in [1.29, 1.82) is 0 Å². The molecule has 1 N–H and O–H groups in total. The Morgan fingerprint density at radius 2 is 2.00 bits per heavy atom. The number of hydrogen-bond acceptors (Lipinski definition) is 1. The van der Waals surface area contributed by atoms with Gasteiger partial charge in [-0.2, -0.15) is 0 Å². The number of hydrogen-bond donors (Lipinski definition) is 1. The molecule has 1 unspecified atom stereocenters. The van der Waals surface area contributed by atoms with Crippen LogP contribution in [0.4, 0.5) is 13.2 Å². The third-order valence-electron chi connectivity index (χ3n) is 2.74. The van der Waals surface area contributed by atoms with Gasteiger partial charge in [0.15, 0.2) is 0 Å². The molecule has 1 atom stereocenters. The average molecular weight is 218 g/mol. The minimum atomic E-state index is -2.96.